The van der Waals surface area contributed by atoms with E-state index in [0.29, 0.717) is 30.7 Å². The second-order valence-electron chi connectivity index (χ2n) is 25.2. The molecule has 0 aliphatic rings. The van der Waals surface area contributed by atoms with Crippen LogP contribution in [0.5, 0.6) is 0 Å². The fourth-order valence-corrected chi connectivity index (χ4v) is 12.2. The number of amides is 4. The Hall–Kier alpha value is -4.98. The summed E-state index contributed by atoms with van der Waals surface area (Å²) in [5.74, 6) is -3.24. The molecule has 1 unspecified atom stereocenters. The second-order valence-corrected chi connectivity index (χ2v) is 26.2. The largest absolute Gasteiger partial charge is 0.464 e. The fraction of sp³-hybridized carbons (Fsp3) is 0.814. The number of nitrogens with zero attached hydrogens (tertiary/aromatic N) is 3. The highest BCUT2D eigenvalue weighted by Crippen LogP contribution is 2.19. The van der Waals surface area contributed by atoms with E-state index in [1.807, 2.05) is 0 Å². The van der Waals surface area contributed by atoms with Gasteiger partial charge in [0.15, 0.2) is 0 Å². The van der Waals surface area contributed by atoms with Crippen molar-refractivity contribution in [3.8, 4) is 0 Å². The molecule has 2 aromatic heterocycles. The van der Waals surface area contributed by atoms with Crippen LogP contribution in [-0.2, 0) is 51.1 Å². The van der Waals surface area contributed by atoms with Crippen molar-refractivity contribution in [1.29, 1.82) is 0 Å². The quantitative estimate of drug-likeness (QED) is 0.0240. The number of hydrogen-bond donors (Lipinski definition) is 7. The summed E-state index contributed by atoms with van der Waals surface area (Å²) in [6.07, 6.45) is 49.8. The van der Waals surface area contributed by atoms with Crippen molar-refractivity contribution in [1.82, 2.24) is 40.8 Å². The molecule has 5 atom stereocenters. The maximum atomic E-state index is 14.3. The van der Waals surface area contributed by atoms with Gasteiger partial charge < -0.3 is 45.9 Å². The molecular formula is C70H124N8O11S. The van der Waals surface area contributed by atoms with Gasteiger partial charge in [-0.2, -0.15) is 11.8 Å². The summed E-state index contributed by atoms with van der Waals surface area (Å²) in [5.41, 5.74) is 0.848. The molecule has 2 aromatic rings. The summed E-state index contributed by atoms with van der Waals surface area (Å²) < 4.78 is 12.7. The number of ether oxygens (including phenoxy) is 2. The number of aromatic amines is 1. The molecule has 0 bridgehead atoms. The maximum Gasteiger partial charge on any atom is 0.417 e. The summed E-state index contributed by atoms with van der Waals surface area (Å²) in [4.78, 5) is 105. The van der Waals surface area contributed by atoms with Crippen LogP contribution in [0.3, 0.4) is 0 Å². The van der Waals surface area contributed by atoms with Crippen molar-refractivity contribution in [2.45, 2.75) is 340 Å². The van der Waals surface area contributed by atoms with E-state index in [1.165, 1.54) is 197 Å². The Labute approximate surface area is 546 Å². The average Bonchev–Trinajstić information content (AvgIpc) is 4.28. The van der Waals surface area contributed by atoms with Crippen LogP contribution in [0.2, 0.25) is 0 Å². The number of rotatable bonds is 61. The smallest absolute Gasteiger partial charge is 0.417 e. The van der Waals surface area contributed by atoms with Gasteiger partial charge in [0.05, 0.1) is 18.6 Å². The molecule has 90 heavy (non-hydrogen) atoms. The Morgan fingerprint density at radius 1 is 0.500 bits per heavy atom. The van der Waals surface area contributed by atoms with Gasteiger partial charge in [0, 0.05) is 67.7 Å². The first-order valence-corrected chi connectivity index (χ1v) is 36.9. The average molecular weight is 1290 g/mol. The van der Waals surface area contributed by atoms with Gasteiger partial charge >= 0.3 is 18.0 Å². The van der Waals surface area contributed by atoms with Crippen LogP contribution in [0, 0.1) is 0 Å². The third kappa shape index (κ3) is 43.0. The van der Waals surface area contributed by atoms with Crippen LogP contribution in [0.15, 0.2) is 25.0 Å². The molecule has 0 aliphatic heterocycles. The molecule has 516 valence electrons. The first kappa shape index (κ1) is 81.1. The summed E-state index contributed by atoms with van der Waals surface area (Å²) in [5, 5.41) is 31.1. The van der Waals surface area contributed by atoms with E-state index in [-0.39, 0.29) is 62.1 Å². The monoisotopic (exact) mass is 1280 g/mol. The van der Waals surface area contributed by atoms with Crippen LogP contribution in [0.1, 0.15) is 309 Å². The van der Waals surface area contributed by atoms with Crippen molar-refractivity contribution in [2.75, 3.05) is 24.7 Å². The number of nitrogens with one attached hydrogen (secondary N) is 5. The first-order chi connectivity index (χ1) is 43.8. The van der Waals surface area contributed by atoms with Gasteiger partial charge in [-0.1, -0.05) is 252 Å². The lowest BCUT2D eigenvalue weighted by Gasteiger charge is -2.25. The van der Waals surface area contributed by atoms with Crippen molar-refractivity contribution in [3.05, 3.63) is 36.4 Å². The minimum absolute atomic E-state index is 0.0146. The molecule has 0 aromatic carbocycles. The molecule has 19 nitrogen and oxygen atoms in total. The van der Waals surface area contributed by atoms with Crippen molar-refractivity contribution in [3.63, 3.8) is 0 Å². The van der Waals surface area contributed by atoms with Crippen LogP contribution >= 0.6 is 11.8 Å². The molecular weight excluding hydrogens is 1160 g/mol. The second kappa shape index (κ2) is 55.6. The lowest BCUT2D eigenvalue weighted by atomic mass is 10.0. The maximum absolute atomic E-state index is 14.3. The molecule has 0 radical (unpaired) electrons. The molecule has 4 amide bonds. The van der Waals surface area contributed by atoms with Gasteiger partial charge in [0.2, 0.25) is 23.6 Å². The van der Waals surface area contributed by atoms with E-state index in [9.17, 15) is 43.8 Å². The number of hydrogen-bond acceptors (Lipinski definition) is 13. The lowest BCUT2D eigenvalue weighted by Crippen LogP contribution is -2.59. The van der Waals surface area contributed by atoms with E-state index in [2.05, 4.69) is 57.0 Å². The van der Waals surface area contributed by atoms with E-state index in [0.717, 1.165) is 75.1 Å². The lowest BCUT2D eigenvalue weighted by molar-refractivity contribution is -0.157. The summed E-state index contributed by atoms with van der Waals surface area (Å²) in [6, 6.07) is -4.57. The number of aliphatic hydroxyl groups excluding tert-OH is 1. The van der Waals surface area contributed by atoms with Gasteiger partial charge in [-0.3, -0.25) is 28.8 Å². The summed E-state index contributed by atoms with van der Waals surface area (Å²) >= 11 is 1.23. The topological polar surface area (TPSA) is 273 Å². The van der Waals surface area contributed by atoms with Crippen LogP contribution in [0.25, 0.3) is 0 Å². The first-order valence-electron chi connectivity index (χ1n) is 35.8. The van der Waals surface area contributed by atoms with Crippen LogP contribution < -0.4 is 21.3 Å². The molecule has 0 saturated heterocycles. The minimum atomic E-state index is -1.55. The highest BCUT2D eigenvalue weighted by molar-refractivity contribution is 7.99. The third-order valence-corrected chi connectivity index (χ3v) is 17.9. The molecule has 2 rings (SSSR count). The summed E-state index contributed by atoms with van der Waals surface area (Å²) in [7, 11) is 0. The van der Waals surface area contributed by atoms with E-state index in [4.69, 9.17) is 9.47 Å². The number of unbranched alkanes of at least 4 members (excludes halogenated alkanes) is 36. The number of imidazole rings is 2. The van der Waals surface area contributed by atoms with E-state index in [1.54, 1.807) is 6.92 Å². The SMILES string of the molecule is CCCCCCCCCCCCCCCC(=O)N[C@@H](CSCC(COC(=O)CCCCCCCCCCCCCCC)OC(=O)CCCCCCCCCCCCCCC)C(=O)N[C@@H](CO)C(=O)N[C@@H](Cc1cnc[nH]1)C(=O)N[C@H](C)Cc1cncn1C(=O)O. The molecule has 0 saturated carbocycles. The zero-order valence-corrected chi connectivity index (χ0v) is 57.3. The van der Waals surface area contributed by atoms with Crippen molar-refractivity contribution < 1.29 is 53.2 Å². The Morgan fingerprint density at radius 3 is 1.37 bits per heavy atom. The van der Waals surface area contributed by atoms with Gasteiger partial charge in [0.25, 0.3) is 0 Å². The zero-order chi connectivity index (χ0) is 65.5. The molecule has 2 heterocycles. The van der Waals surface area contributed by atoms with E-state index >= 15 is 0 Å². The number of carboxylic acid groups (broad SMARTS) is 1. The van der Waals surface area contributed by atoms with Gasteiger partial charge in [-0.15, -0.1) is 0 Å². The predicted molar refractivity (Wildman–Crippen MR) is 361 cm³/mol. The highest BCUT2D eigenvalue weighted by atomic mass is 32.2. The number of esters is 2. The highest BCUT2D eigenvalue weighted by Gasteiger charge is 2.31. The standard InChI is InChI=1S/C70H124N8O11S/c1-5-8-11-14-17-20-23-26-29-32-35-38-41-44-64(80)75-63(69(85)77-62(51-79)68(84)76-61(48-58-49-71-55-73-58)67(83)74-57(4)47-59-50-72-56-78(59)70(86)87)54-90-53-60(89-66(82)46-43-40-37-34-31-28-25-22-19-16-13-10-7-3)52-88-65(81)45-42-39-36-33-30-27-24-21-18-15-12-9-6-2/h49-50,55-57,60-63,79H,5-48,51-54H2,1-4H3,(H,71,73)(H,74,83)(H,75,80)(H,76,84)(H,77,85)(H,86,87)/t57-,60?,61+,62+,63+/m1/s1. The number of H-pyrrole nitrogens is 1. The van der Waals surface area contributed by atoms with Gasteiger partial charge in [0.1, 0.15) is 37.2 Å². The fourth-order valence-electron chi connectivity index (χ4n) is 11.2. The van der Waals surface area contributed by atoms with E-state index < -0.39 is 66.7 Å². The third-order valence-electron chi connectivity index (χ3n) is 16.7. The van der Waals surface area contributed by atoms with Crippen LogP contribution in [-0.4, -0.2) is 126 Å². The van der Waals surface area contributed by atoms with Crippen molar-refractivity contribution >= 4 is 53.4 Å². The molecule has 0 spiro atoms. The molecule has 20 heteroatoms. The normalized spacial score (nSPS) is 13.0. The Kier molecular flexibility index (Phi) is 50.1. The van der Waals surface area contributed by atoms with Crippen LogP contribution in [0.4, 0.5) is 4.79 Å². The van der Waals surface area contributed by atoms with Gasteiger partial charge in [-0.05, 0) is 26.2 Å². The van der Waals surface area contributed by atoms with Gasteiger partial charge in [-0.25, -0.2) is 19.3 Å². The number of aliphatic hydroxyl groups is 1. The summed E-state index contributed by atoms with van der Waals surface area (Å²) in [6.45, 7) is 7.38. The molecule has 0 fully saturated rings. The number of carbonyl (C=O) groups excluding carboxylic acids is 6. The number of thioether (sulfide) groups is 1. The Morgan fingerprint density at radius 2 is 0.922 bits per heavy atom. The predicted octanol–water partition coefficient (Wildman–Crippen LogP) is 14.5. The van der Waals surface area contributed by atoms with Crippen molar-refractivity contribution in [2.24, 2.45) is 0 Å². The Bertz CT molecular complexity index is 2150. The molecule has 0 aliphatic carbocycles. The molecule has 7 N–H and O–H groups in total. The zero-order valence-electron chi connectivity index (χ0n) is 56.5. The Balaban J connectivity index is 2.15. The number of carbonyl (C=O) groups is 7. The minimum Gasteiger partial charge on any atom is -0.464 e. The number of aromatic nitrogens is 4.